The van der Waals surface area contributed by atoms with Crippen LogP contribution in [0.1, 0.15) is 22.7 Å². The van der Waals surface area contributed by atoms with E-state index in [9.17, 15) is 19.1 Å². The molecule has 1 unspecified atom stereocenters. The monoisotopic (exact) mass is 418 g/mol. The molecular formula is C24H19FN2O4. The number of hydrogen-bond acceptors (Lipinski definition) is 5. The third kappa shape index (κ3) is 3.54. The number of methoxy groups -OCH3 is 1. The van der Waals surface area contributed by atoms with Gasteiger partial charge in [-0.1, -0.05) is 6.07 Å². The van der Waals surface area contributed by atoms with Crippen LogP contribution in [0.3, 0.4) is 0 Å². The van der Waals surface area contributed by atoms with Gasteiger partial charge in [0.1, 0.15) is 17.3 Å². The molecule has 31 heavy (non-hydrogen) atoms. The maximum Gasteiger partial charge on any atom is 0.300 e. The molecule has 3 aromatic rings. The molecule has 7 heteroatoms. The lowest BCUT2D eigenvalue weighted by molar-refractivity contribution is -0.132. The van der Waals surface area contributed by atoms with Crippen molar-refractivity contribution in [3.05, 3.63) is 95.1 Å². The number of aryl methyl sites for hydroxylation is 1. The van der Waals surface area contributed by atoms with E-state index in [-0.39, 0.29) is 16.9 Å². The van der Waals surface area contributed by atoms with Crippen LogP contribution in [-0.2, 0) is 9.59 Å². The van der Waals surface area contributed by atoms with Gasteiger partial charge in [-0.2, -0.15) is 0 Å². The van der Waals surface area contributed by atoms with Crippen LogP contribution in [0.15, 0.2) is 72.6 Å². The van der Waals surface area contributed by atoms with Gasteiger partial charge in [0.25, 0.3) is 11.7 Å². The van der Waals surface area contributed by atoms with Crippen molar-refractivity contribution in [2.75, 3.05) is 12.0 Å². The Morgan fingerprint density at radius 3 is 2.48 bits per heavy atom. The van der Waals surface area contributed by atoms with E-state index in [1.807, 2.05) is 0 Å². The number of ether oxygens (including phenoxy) is 1. The first-order valence-electron chi connectivity index (χ1n) is 9.54. The van der Waals surface area contributed by atoms with Gasteiger partial charge in [-0.25, -0.2) is 4.39 Å². The number of carbonyl (C=O) groups is 2. The van der Waals surface area contributed by atoms with Gasteiger partial charge in [-0.3, -0.25) is 19.5 Å². The molecule has 0 spiro atoms. The Balaban J connectivity index is 1.92. The van der Waals surface area contributed by atoms with Gasteiger partial charge in [0.05, 0.1) is 18.7 Å². The number of aliphatic hydroxyl groups excluding tert-OH is 1. The highest BCUT2D eigenvalue weighted by Crippen LogP contribution is 2.42. The lowest BCUT2D eigenvalue weighted by Gasteiger charge is -2.25. The highest BCUT2D eigenvalue weighted by atomic mass is 19.1. The molecule has 2 aromatic carbocycles. The van der Waals surface area contributed by atoms with Crippen LogP contribution in [0, 0.1) is 12.7 Å². The fourth-order valence-electron chi connectivity index (χ4n) is 3.64. The van der Waals surface area contributed by atoms with Crippen molar-refractivity contribution in [1.29, 1.82) is 0 Å². The Kier molecular flexibility index (Phi) is 5.25. The molecule has 0 radical (unpaired) electrons. The number of aliphatic hydroxyl groups is 1. The van der Waals surface area contributed by atoms with Crippen LogP contribution in [0.2, 0.25) is 0 Å². The highest BCUT2D eigenvalue weighted by Gasteiger charge is 2.47. The van der Waals surface area contributed by atoms with Crippen molar-refractivity contribution in [2.24, 2.45) is 0 Å². The number of nitrogens with zero attached hydrogens (tertiary/aromatic N) is 2. The summed E-state index contributed by atoms with van der Waals surface area (Å²) in [5.74, 6) is -1.81. The van der Waals surface area contributed by atoms with Crippen LogP contribution in [0.5, 0.6) is 5.75 Å². The third-order valence-corrected chi connectivity index (χ3v) is 5.23. The van der Waals surface area contributed by atoms with Crippen molar-refractivity contribution in [3.8, 4) is 5.75 Å². The van der Waals surface area contributed by atoms with Crippen LogP contribution in [0.25, 0.3) is 5.76 Å². The Morgan fingerprint density at radius 1 is 1.13 bits per heavy atom. The molecule has 1 saturated heterocycles. The van der Waals surface area contributed by atoms with E-state index in [0.717, 1.165) is 0 Å². The molecule has 1 amide bonds. The van der Waals surface area contributed by atoms with Crippen molar-refractivity contribution >= 4 is 23.1 Å². The maximum absolute atomic E-state index is 13.7. The first-order chi connectivity index (χ1) is 14.9. The van der Waals surface area contributed by atoms with E-state index >= 15 is 0 Å². The summed E-state index contributed by atoms with van der Waals surface area (Å²) in [4.78, 5) is 31.5. The summed E-state index contributed by atoms with van der Waals surface area (Å²) in [6.45, 7) is 1.56. The number of ketones is 1. The second-order valence-corrected chi connectivity index (χ2v) is 7.12. The first-order valence-corrected chi connectivity index (χ1v) is 9.54. The average Bonchev–Trinajstić information content (AvgIpc) is 3.06. The Labute approximate surface area is 178 Å². The van der Waals surface area contributed by atoms with E-state index in [4.69, 9.17) is 4.74 Å². The zero-order valence-electron chi connectivity index (χ0n) is 16.9. The summed E-state index contributed by atoms with van der Waals surface area (Å²) < 4.78 is 18.9. The van der Waals surface area contributed by atoms with E-state index < -0.39 is 23.5 Å². The second-order valence-electron chi connectivity index (χ2n) is 7.12. The van der Waals surface area contributed by atoms with E-state index in [0.29, 0.717) is 22.6 Å². The number of rotatable bonds is 4. The lowest BCUT2D eigenvalue weighted by atomic mass is 9.95. The Bertz CT molecular complexity index is 1190. The molecule has 1 aromatic heterocycles. The molecule has 1 atom stereocenters. The van der Waals surface area contributed by atoms with E-state index in [1.165, 1.54) is 36.4 Å². The quantitative estimate of drug-likeness (QED) is 0.391. The number of amides is 1. The zero-order valence-corrected chi connectivity index (χ0v) is 16.9. The Morgan fingerprint density at radius 2 is 1.87 bits per heavy atom. The second kappa shape index (κ2) is 8.02. The van der Waals surface area contributed by atoms with E-state index in [2.05, 4.69) is 4.98 Å². The number of aromatic nitrogens is 1. The molecule has 1 aliphatic rings. The summed E-state index contributed by atoms with van der Waals surface area (Å²) in [6, 6.07) is 13.2. The minimum atomic E-state index is -0.896. The summed E-state index contributed by atoms with van der Waals surface area (Å²) >= 11 is 0. The summed E-state index contributed by atoms with van der Waals surface area (Å²) in [6.07, 6.45) is 3.11. The molecule has 4 rings (SSSR count). The fourth-order valence-corrected chi connectivity index (χ4v) is 3.64. The van der Waals surface area contributed by atoms with Crippen LogP contribution in [-0.4, -0.2) is 28.9 Å². The normalized spacial score (nSPS) is 17.8. The molecule has 6 nitrogen and oxygen atoms in total. The highest BCUT2D eigenvalue weighted by molar-refractivity contribution is 6.51. The zero-order chi connectivity index (χ0) is 22.1. The fraction of sp³-hybridized carbons (Fsp3) is 0.125. The molecule has 0 bridgehead atoms. The molecule has 2 heterocycles. The predicted octanol–water partition coefficient (Wildman–Crippen LogP) is 4.16. The van der Waals surface area contributed by atoms with Crippen LogP contribution < -0.4 is 9.64 Å². The molecule has 1 fully saturated rings. The molecule has 0 saturated carbocycles. The van der Waals surface area contributed by atoms with Gasteiger partial charge in [-0.05, 0) is 66.6 Å². The average molecular weight is 418 g/mol. The molecule has 156 valence electrons. The number of benzene rings is 2. The van der Waals surface area contributed by atoms with Gasteiger partial charge in [0.2, 0.25) is 0 Å². The number of Topliss-reactive ketones (excluding diaryl/α,β-unsaturated/α-hetero) is 1. The molecule has 0 aliphatic carbocycles. The first kappa shape index (κ1) is 20.3. The number of pyridine rings is 1. The summed E-state index contributed by atoms with van der Waals surface area (Å²) in [5, 5.41) is 11.0. The van der Waals surface area contributed by atoms with Crippen molar-refractivity contribution in [3.63, 3.8) is 0 Å². The predicted molar refractivity (Wildman–Crippen MR) is 113 cm³/mol. The largest absolute Gasteiger partial charge is 0.507 e. The van der Waals surface area contributed by atoms with Crippen molar-refractivity contribution in [1.82, 2.24) is 4.98 Å². The topological polar surface area (TPSA) is 79.7 Å². The van der Waals surface area contributed by atoms with Crippen LogP contribution >= 0.6 is 0 Å². The molecular weight excluding hydrogens is 399 g/mol. The third-order valence-electron chi connectivity index (χ3n) is 5.23. The SMILES string of the molecule is COc1ccc(N2C(=O)C(=O)/C(=C(\O)c3ccc(F)c(C)c3)C2c2cccnc2)cc1. The summed E-state index contributed by atoms with van der Waals surface area (Å²) in [5.41, 5.74) is 1.50. The summed E-state index contributed by atoms with van der Waals surface area (Å²) in [7, 11) is 1.53. The lowest BCUT2D eigenvalue weighted by Crippen LogP contribution is -2.29. The molecule has 1 aliphatic heterocycles. The standard InChI is InChI=1S/C24H19FN2O4/c1-14-12-15(5-10-19(14)25)22(28)20-21(16-4-3-11-26-13-16)27(24(30)23(20)29)17-6-8-18(31-2)9-7-17/h3-13,21,28H,1-2H3/b22-20-. The number of hydrogen-bond donors (Lipinski definition) is 1. The minimum Gasteiger partial charge on any atom is -0.507 e. The Hall–Kier alpha value is -4.00. The van der Waals surface area contributed by atoms with Gasteiger partial charge < -0.3 is 9.84 Å². The van der Waals surface area contributed by atoms with Crippen LogP contribution in [0.4, 0.5) is 10.1 Å². The van der Waals surface area contributed by atoms with Crippen molar-refractivity contribution in [2.45, 2.75) is 13.0 Å². The van der Waals surface area contributed by atoms with Gasteiger partial charge in [0, 0.05) is 23.6 Å². The number of anilines is 1. The van der Waals surface area contributed by atoms with Gasteiger partial charge in [-0.15, -0.1) is 0 Å². The molecule has 1 N–H and O–H groups in total. The van der Waals surface area contributed by atoms with Crippen molar-refractivity contribution < 1.29 is 23.8 Å². The smallest absolute Gasteiger partial charge is 0.300 e. The van der Waals surface area contributed by atoms with Gasteiger partial charge >= 0.3 is 0 Å². The minimum absolute atomic E-state index is 0.0835. The van der Waals surface area contributed by atoms with E-state index in [1.54, 1.807) is 49.5 Å². The maximum atomic E-state index is 13.7. The van der Waals surface area contributed by atoms with Gasteiger partial charge in [0.15, 0.2) is 0 Å². The number of halogens is 1. The number of carbonyl (C=O) groups excluding carboxylic acids is 2.